The second-order valence-electron chi connectivity index (χ2n) is 5.14. The SMILES string of the molecule is Cc1ccsc1C(Cc1ncnn1CC(C)C)NN. The molecule has 0 aromatic carbocycles. The molecule has 1 atom stereocenters. The van der Waals surface area contributed by atoms with Gasteiger partial charge in [0.2, 0.25) is 0 Å². The van der Waals surface area contributed by atoms with Crippen molar-refractivity contribution < 1.29 is 0 Å². The van der Waals surface area contributed by atoms with Gasteiger partial charge in [-0.3, -0.25) is 11.3 Å². The molecule has 2 rings (SSSR count). The van der Waals surface area contributed by atoms with Gasteiger partial charge in [0, 0.05) is 17.8 Å². The van der Waals surface area contributed by atoms with Crippen LogP contribution in [0.15, 0.2) is 17.8 Å². The molecular formula is C13H21N5S. The summed E-state index contributed by atoms with van der Waals surface area (Å²) in [7, 11) is 0. The lowest BCUT2D eigenvalue weighted by atomic mass is 10.1. The van der Waals surface area contributed by atoms with E-state index >= 15 is 0 Å². The minimum atomic E-state index is 0.0927. The molecule has 0 fully saturated rings. The summed E-state index contributed by atoms with van der Waals surface area (Å²) in [5.41, 5.74) is 4.16. The summed E-state index contributed by atoms with van der Waals surface area (Å²) in [6.07, 6.45) is 2.37. The van der Waals surface area contributed by atoms with Gasteiger partial charge in [0.15, 0.2) is 0 Å². The Bertz CT molecular complexity index is 517. The fourth-order valence-corrected chi connectivity index (χ4v) is 3.08. The highest BCUT2D eigenvalue weighted by atomic mass is 32.1. The zero-order chi connectivity index (χ0) is 13.8. The van der Waals surface area contributed by atoms with Crippen molar-refractivity contribution >= 4 is 11.3 Å². The summed E-state index contributed by atoms with van der Waals surface area (Å²) < 4.78 is 1.97. The molecule has 3 N–H and O–H groups in total. The number of hydrogen-bond donors (Lipinski definition) is 2. The van der Waals surface area contributed by atoms with Crippen molar-refractivity contribution in [2.45, 2.75) is 39.8 Å². The summed E-state index contributed by atoms with van der Waals surface area (Å²) in [5.74, 6) is 7.23. The van der Waals surface area contributed by atoms with Crippen LogP contribution in [0.3, 0.4) is 0 Å². The van der Waals surface area contributed by atoms with Gasteiger partial charge < -0.3 is 0 Å². The fraction of sp³-hybridized carbons (Fsp3) is 0.538. The molecule has 6 heteroatoms. The van der Waals surface area contributed by atoms with Crippen LogP contribution >= 0.6 is 11.3 Å². The lowest BCUT2D eigenvalue weighted by molar-refractivity contribution is 0.448. The standard InChI is InChI=1S/C13H21N5S/c1-9(2)7-18-12(15-8-16-18)6-11(17-14)13-10(3)4-5-19-13/h4-5,8-9,11,17H,6-7,14H2,1-3H3. The monoisotopic (exact) mass is 279 g/mol. The molecule has 0 saturated heterocycles. The highest BCUT2D eigenvalue weighted by Crippen LogP contribution is 2.25. The van der Waals surface area contributed by atoms with Crippen molar-refractivity contribution in [1.82, 2.24) is 20.2 Å². The average Bonchev–Trinajstić information content (AvgIpc) is 2.95. The highest BCUT2D eigenvalue weighted by Gasteiger charge is 2.17. The highest BCUT2D eigenvalue weighted by molar-refractivity contribution is 7.10. The van der Waals surface area contributed by atoms with E-state index in [1.807, 2.05) is 4.68 Å². The lowest BCUT2D eigenvalue weighted by Gasteiger charge is -2.16. The number of aromatic nitrogens is 3. The molecule has 5 nitrogen and oxygen atoms in total. The van der Waals surface area contributed by atoms with Crippen LogP contribution in [0.5, 0.6) is 0 Å². The van der Waals surface area contributed by atoms with Crippen LogP contribution in [0.25, 0.3) is 0 Å². The first-order valence-electron chi connectivity index (χ1n) is 6.48. The first-order valence-corrected chi connectivity index (χ1v) is 7.36. The van der Waals surface area contributed by atoms with Gasteiger partial charge in [0.25, 0.3) is 0 Å². The number of thiophene rings is 1. The summed E-state index contributed by atoms with van der Waals surface area (Å²) in [6, 6.07) is 2.21. The number of rotatable bonds is 6. The van der Waals surface area contributed by atoms with E-state index in [-0.39, 0.29) is 6.04 Å². The van der Waals surface area contributed by atoms with Gasteiger partial charge in [0.1, 0.15) is 12.2 Å². The Labute approximate surface area is 117 Å². The Balaban J connectivity index is 2.15. The summed E-state index contributed by atoms with van der Waals surface area (Å²) in [6.45, 7) is 7.34. The molecule has 2 heterocycles. The predicted octanol–water partition coefficient (Wildman–Crippen LogP) is 2.05. The minimum Gasteiger partial charge on any atom is -0.271 e. The van der Waals surface area contributed by atoms with Crippen molar-refractivity contribution in [3.8, 4) is 0 Å². The van der Waals surface area contributed by atoms with Crippen LogP contribution in [0.2, 0.25) is 0 Å². The van der Waals surface area contributed by atoms with Gasteiger partial charge in [-0.15, -0.1) is 11.3 Å². The van der Waals surface area contributed by atoms with Crippen molar-refractivity contribution in [3.05, 3.63) is 34.0 Å². The van der Waals surface area contributed by atoms with Crippen LogP contribution in [0.1, 0.15) is 36.2 Å². The zero-order valence-electron chi connectivity index (χ0n) is 11.6. The molecule has 0 aliphatic rings. The molecule has 2 aromatic heterocycles. The van der Waals surface area contributed by atoms with E-state index in [0.29, 0.717) is 5.92 Å². The molecule has 0 aliphatic heterocycles. The predicted molar refractivity (Wildman–Crippen MR) is 77.7 cm³/mol. The molecule has 2 aromatic rings. The van der Waals surface area contributed by atoms with E-state index in [0.717, 1.165) is 18.8 Å². The molecule has 0 spiro atoms. The number of hydrogen-bond acceptors (Lipinski definition) is 5. The summed E-state index contributed by atoms with van der Waals surface area (Å²) >= 11 is 1.72. The van der Waals surface area contributed by atoms with Crippen molar-refractivity contribution in [1.29, 1.82) is 0 Å². The quantitative estimate of drug-likeness (QED) is 0.627. The second-order valence-corrected chi connectivity index (χ2v) is 6.09. The smallest absolute Gasteiger partial charge is 0.138 e. The maximum absolute atomic E-state index is 5.70. The molecular weight excluding hydrogens is 258 g/mol. The van der Waals surface area contributed by atoms with Gasteiger partial charge in [-0.25, -0.2) is 9.67 Å². The van der Waals surface area contributed by atoms with Crippen molar-refractivity contribution in [2.75, 3.05) is 0 Å². The number of hydrazine groups is 1. The van der Waals surface area contributed by atoms with Crippen LogP contribution in [-0.2, 0) is 13.0 Å². The number of nitrogens with one attached hydrogen (secondary N) is 1. The van der Waals surface area contributed by atoms with Crippen LogP contribution < -0.4 is 11.3 Å². The summed E-state index contributed by atoms with van der Waals surface area (Å²) in [5, 5.41) is 6.38. The second kappa shape index (κ2) is 6.27. The molecule has 104 valence electrons. The first kappa shape index (κ1) is 14.2. The van der Waals surface area contributed by atoms with Crippen LogP contribution in [0, 0.1) is 12.8 Å². The molecule has 0 radical (unpaired) electrons. The molecule has 0 bridgehead atoms. The Morgan fingerprint density at radius 3 is 2.84 bits per heavy atom. The third kappa shape index (κ3) is 3.40. The van der Waals surface area contributed by atoms with E-state index in [1.54, 1.807) is 17.7 Å². The molecule has 0 amide bonds. The largest absolute Gasteiger partial charge is 0.271 e. The molecule has 1 unspecified atom stereocenters. The Hall–Kier alpha value is -1.24. The summed E-state index contributed by atoms with van der Waals surface area (Å²) in [4.78, 5) is 5.62. The van der Waals surface area contributed by atoms with Crippen LogP contribution in [0.4, 0.5) is 0 Å². The number of nitrogens with zero attached hydrogens (tertiary/aromatic N) is 3. The van der Waals surface area contributed by atoms with Gasteiger partial charge in [-0.1, -0.05) is 13.8 Å². The lowest BCUT2D eigenvalue weighted by Crippen LogP contribution is -2.30. The van der Waals surface area contributed by atoms with Crippen LogP contribution in [-0.4, -0.2) is 14.8 Å². The minimum absolute atomic E-state index is 0.0927. The van der Waals surface area contributed by atoms with Gasteiger partial charge >= 0.3 is 0 Å². The third-order valence-corrected chi connectivity index (χ3v) is 4.17. The number of nitrogens with two attached hydrogens (primary N) is 1. The molecule has 19 heavy (non-hydrogen) atoms. The zero-order valence-corrected chi connectivity index (χ0v) is 12.4. The Morgan fingerprint density at radius 2 is 2.26 bits per heavy atom. The fourth-order valence-electron chi connectivity index (χ4n) is 2.10. The Morgan fingerprint density at radius 1 is 1.47 bits per heavy atom. The number of aryl methyl sites for hydroxylation is 1. The Kier molecular flexibility index (Phi) is 4.68. The van der Waals surface area contributed by atoms with E-state index in [1.165, 1.54) is 10.4 Å². The molecule has 0 saturated carbocycles. The topological polar surface area (TPSA) is 68.8 Å². The van der Waals surface area contributed by atoms with E-state index in [4.69, 9.17) is 5.84 Å². The molecule has 0 aliphatic carbocycles. The maximum atomic E-state index is 5.70. The van der Waals surface area contributed by atoms with Crippen molar-refractivity contribution in [3.63, 3.8) is 0 Å². The van der Waals surface area contributed by atoms with Gasteiger partial charge in [-0.05, 0) is 29.9 Å². The average molecular weight is 279 g/mol. The van der Waals surface area contributed by atoms with E-state index < -0.39 is 0 Å². The first-order chi connectivity index (χ1) is 9.11. The normalized spacial score (nSPS) is 13.1. The third-order valence-electron chi connectivity index (χ3n) is 3.04. The van der Waals surface area contributed by atoms with Crippen molar-refractivity contribution in [2.24, 2.45) is 11.8 Å². The van der Waals surface area contributed by atoms with Gasteiger partial charge in [0.05, 0.1) is 6.04 Å². The van der Waals surface area contributed by atoms with E-state index in [2.05, 4.69) is 47.7 Å². The van der Waals surface area contributed by atoms with Gasteiger partial charge in [-0.2, -0.15) is 5.10 Å². The maximum Gasteiger partial charge on any atom is 0.138 e. The van der Waals surface area contributed by atoms with E-state index in [9.17, 15) is 0 Å².